The van der Waals surface area contributed by atoms with E-state index in [0.717, 1.165) is 17.5 Å². The topological polar surface area (TPSA) is 55.8 Å². The van der Waals surface area contributed by atoms with Crippen molar-refractivity contribution in [3.05, 3.63) is 65.7 Å². The highest BCUT2D eigenvalue weighted by molar-refractivity contribution is 5.79. The summed E-state index contributed by atoms with van der Waals surface area (Å²) in [6, 6.07) is 17.3. The van der Waals surface area contributed by atoms with E-state index < -0.39 is 5.92 Å². The number of carbonyl (C=O) groups is 2. The smallest absolute Gasteiger partial charge is 0.310 e. The van der Waals surface area contributed by atoms with Crippen LogP contribution in [0, 0.1) is 5.92 Å². The molecule has 0 fully saturated rings. The first-order chi connectivity index (χ1) is 13.5. The Balaban J connectivity index is 2.14. The van der Waals surface area contributed by atoms with Gasteiger partial charge >= 0.3 is 5.97 Å². The van der Waals surface area contributed by atoms with Crippen LogP contribution in [0.2, 0.25) is 0 Å². The van der Waals surface area contributed by atoms with Crippen LogP contribution in [-0.2, 0) is 20.7 Å². The molecule has 2 atom stereocenters. The first kappa shape index (κ1) is 21.5. The van der Waals surface area contributed by atoms with Gasteiger partial charge in [-0.2, -0.15) is 0 Å². The monoisotopic (exact) mass is 383 g/mol. The molecule has 0 spiro atoms. The molecule has 0 saturated carbocycles. The molecule has 2 unspecified atom stereocenters. The lowest BCUT2D eigenvalue weighted by molar-refractivity contribution is -0.147. The van der Waals surface area contributed by atoms with Crippen molar-refractivity contribution in [2.75, 3.05) is 20.3 Å². The zero-order valence-corrected chi connectivity index (χ0v) is 17.1. The van der Waals surface area contributed by atoms with Crippen molar-refractivity contribution in [3.63, 3.8) is 0 Å². The van der Waals surface area contributed by atoms with Crippen molar-refractivity contribution in [1.29, 1.82) is 0 Å². The maximum absolute atomic E-state index is 13.0. The molecule has 0 aliphatic rings. The average Bonchev–Trinajstić information content (AvgIpc) is 2.75. The molecule has 5 heteroatoms. The number of hydrogen-bond donors (Lipinski definition) is 0. The van der Waals surface area contributed by atoms with Gasteiger partial charge in [-0.3, -0.25) is 9.59 Å². The fraction of sp³-hybridized carbons (Fsp3) is 0.391. The van der Waals surface area contributed by atoms with Crippen LogP contribution in [-0.4, -0.2) is 37.0 Å². The molecule has 0 radical (unpaired) electrons. The summed E-state index contributed by atoms with van der Waals surface area (Å²) in [4.78, 5) is 26.5. The summed E-state index contributed by atoms with van der Waals surface area (Å²) in [6.45, 7) is 5.96. The highest BCUT2D eigenvalue weighted by Crippen LogP contribution is 2.22. The van der Waals surface area contributed by atoms with Crippen LogP contribution in [0.1, 0.15) is 37.9 Å². The predicted octanol–water partition coefficient (Wildman–Crippen LogP) is 4.03. The molecule has 2 aromatic rings. The van der Waals surface area contributed by atoms with Gasteiger partial charge in [0.25, 0.3) is 5.91 Å². The third-order valence-electron chi connectivity index (χ3n) is 4.81. The van der Waals surface area contributed by atoms with E-state index in [-0.39, 0.29) is 31.1 Å². The van der Waals surface area contributed by atoms with E-state index >= 15 is 0 Å². The lowest BCUT2D eigenvalue weighted by Gasteiger charge is -2.31. The van der Waals surface area contributed by atoms with E-state index in [2.05, 4.69) is 6.92 Å². The molecular formula is C23H29NO4. The number of ether oxygens (including phenoxy) is 2. The lowest BCUT2D eigenvalue weighted by Crippen LogP contribution is -2.41. The van der Waals surface area contributed by atoms with Crippen LogP contribution in [0.25, 0.3) is 0 Å². The molecule has 0 aliphatic carbocycles. The Kier molecular flexibility index (Phi) is 8.05. The molecule has 0 aromatic heterocycles. The number of esters is 1. The molecule has 1 amide bonds. The third kappa shape index (κ3) is 5.84. The molecular weight excluding hydrogens is 354 g/mol. The van der Waals surface area contributed by atoms with Crippen LogP contribution in [0.15, 0.2) is 54.6 Å². The van der Waals surface area contributed by atoms with E-state index in [0.29, 0.717) is 5.75 Å². The van der Waals surface area contributed by atoms with Gasteiger partial charge in [0.2, 0.25) is 0 Å². The summed E-state index contributed by atoms with van der Waals surface area (Å²) in [5, 5.41) is 0. The van der Waals surface area contributed by atoms with E-state index in [1.165, 1.54) is 7.11 Å². The van der Waals surface area contributed by atoms with Gasteiger partial charge in [0.05, 0.1) is 19.1 Å². The number of nitrogens with zero attached hydrogens (tertiary/aromatic N) is 1. The van der Waals surface area contributed by atoms with Crippen LogP contribution in [0.4, 0.5) is 0 Å². The summed E-state index contributed by atoms with van der Waals surface area (Å²) in [6.07, 6.45) is 0.902. The largest absolute Gasteiger partial charge is 0.484 e. The number of hydrogen-bond acceptors (Lipinski definition) is 4. The molecule has 0 saturated heterocycles. The zero-order chi connectivity index (χ0) is 20.5. The van der Waals surface area contributed by atoms with Gasteiger partial charge in [0.1, 0.15) is 5.75 Å². The molecule has 2 aromatic carbocycles. The highest BCUT2D eigenvalue weighted by atomic mass is 16.5. The molecule has 0 bridgehead atoms. The van der Waals surface area contributed by atoms with Crippen molar-refractivity contribution in [2.45, 2.75) is 33.2 Å². The number of aryl methyl sites for hydroxylation is 1. The van der Waals surface area contributed by atoms with Crippen molar-refractivity contribution >= 4 is 11.9 Å². The lowest BCUT2D eigenvalue weighted by atomic mass is 10.0. The minimum atomic E-state index is -0.427. The van der Waals surface area contributed by atoms with Gasteiger partial charge in [0, 0.05) is 6.54 Å². The third-order valence-corrected chi connectivity index (χ3v) is 4.81. The minimum absolute atomic E-state index is 0.0851. The fourth-order valence-corrected chi connectivity index (χ4v) is 3.04. The Morgan fingerprint density at radius 1 is 1.04 bits per heavy atom. The summed E-state index contributed by atoms with van der Waals surface area (Å²) in [5.41, 5.74) is 2.15. The Bertz CT molecular complexity index is 775. The van der Waals surface area contributed by atoms with Crippen molar-refractivity contribution < 1.29 is 19.1 Å². The second-order valence-corrected chi connectivity index (χ2v) is 6.85. The summed E-state index contributed by atoms with van der Waals surface area (Å²) < 4.78 is 10.6. The number of carbonyl (C=O) groups excluding carboxylic acids is 2. The second kappa shape index (κ2) is 10.5. The number of amides is 1. The van der Waals surface area contributed by atoms with Crippen molar-refractivity contribution in [1.82, 2.24) is 4.90 Å². The molecule has 0 heterocycles. The molecule has 28 heavy (non-hydrogen) atoms. The van der Waals surface area contributed by atoms with Crippen molar-refractivity contribution in [3.8, 4) is 5.75 Å². The summed E-state index contributed by atoms with van der Waals surface area (Å²) in [5.74, 6) is -0.270. The first-order valence-corrected chi connectivity index (χ1v) is 9.60. The van der Waals surface area contributed by atoms with Gasteiger partial charge in [-0.1, -0.05) is 56.3 Å². The molecule has 150 valence electrons. The minimum Gasteiger partial charge on any atom is -0.484 e. The van der Waals surface area contributed by atoms with Gasteiger partial charge in [-0.05, 0) is 36.6 Å². The maximum atomic E-state index is 13.0. The van der Waals surface area contributed by atoms with Gasteiger partial charge in [-0.25, -0.2) is 0 Å². The quantitative estimate of drug-likeness (QED) is 0.614. The SMILES string of the molecule is CCc1cccc(OCC(=O)N(CC(C)C(=O)OC)C(C)c2ccccc2)c1. The number of rotatable bonds is 9. The van der Waals surface area contributed by atoms with Crippen LogP contribution < -0.4 is 4.74 Å². The Labute approximate surface area is 167 Å². The second-order valence-electron chi connectivity index (χ2n) is 6.85. The van der Waals surface area contributed by atoms with Crippen LogP contribution in [0.5, 0.6) is 5.75 Å². The molecule has 5 nitrogen and oxygen atoms in total. The van der Waals surface area contributed by atoms with E-state index in [1.807, 2.05) is 61.5 Å². The predicted molar refractivity (Wildman–Crippen MR) is 109 cm³/mol. The number of benzene rings is 2. The molecule has 0 N–H and O–H groups in total. The van der Waals surface area contributed by atoms with Gasteiger partial charge in [-0.15, -0.1) is 0 Å². The average molecular weight is 383 g/mol. The standard InChI is InChI=1S/C23H29NO4/c1-5-19-10-9-13-21(14-19)28-16-22(25)24(15-17(2)23(26)27-4)18(3)20-11-7-6-8-12-20/h6-14,17-18H,5,15-16H2,1-4H3. The summed E-state index contributed by atoms with van der Waals surface area (Å²) >= 11 is 0. The van der Waals surface area contributed by atoms with Crippen LogP contribution >= 0.6 is 0 Å². The van der Waals surface area contributed by atoms with Gasteiger partial charge < -0.3 is 14.4 Å². The molecule has 2 rings (SSSR count). The zero-order valence-electron chi connectivity index (χ0n) is 17.1. The van der Waals surface area contributed by atoms with E-state index in [4.69, 9.17) is 9.47 Å². The fourth-order valence-electron chi connectivity index (χ4n) is 3.04. The number of methoxy groups -OCH3 is 1. The normalized spacial score (nSPS) is 12.7. The van der Waals surface area contributed by atoms with Crippen molar-refractivity contribution in [2.24, 2.45) is 5.92 Å². The van der Waals surface area contributed by atoms with Gasteiger partial charge in [0.15, 0.2) is 6.61 Å². The van der Waals surface area contributed by atoms with Crippen LogP contribution in [0.3, 0.4) is 0 Å². The Morgan fingerprint density at radius 3 is 2.39 bits per heavy atom. The van der Waals surface area contributed by atoms with E-state index in [9.17, 15) is 9.59 Å². The first-order valence-electron chi connectivity index (χ1n) is 9.60. The Hall–Kier alpha value is -2.82. The highest BCUT2D eigenvalue weighted by Gasteiger charge is 2.26. The Morgan fingerprint density at radius 2 is 1.75 bits per heavy atom. The summed E-state index contributed by atoms with van der Waals surface area (Å²) in [7, 11) is 1.36. The molecule has 0 aliphatic heterocycles. The van der Waals surface area contributed by atoms with E-state index in [1.54, 1.807) is 11.8 Å². The maximum Gasteiger partial charge on any atom is 0.310 e.